The Morgan fingerprint density at radius 3 is 1.12 bits per heavy atom. The maximum atomic E-state index is 11.5. The molecule has 10 heterocycles. The fourth-order valence-electron chi connectivity index (χ4n) is 12.1. The molecular weight excluding hydrogens is 1430 g/mol. The number of rotatable bonds is 57. The Bertz CT molecular complexity index is 2930. The Balaban J connectivity index is 0.605. The van der Waals surface area contributed by atoms with Crippen molar-refractivity contribution in [2.75, 3.05) is 198 Å². The highest BCUT2D eigenvalue weighted by atomic mass is 16.8. The van der Waals surface area contributed by atoms with Crippen LogP contribution in [0.3, 0.4) is 0 Å². The number of hydrogen-bond donors (Lipinski definition) is 10. The van der Waals surface area contributed by atoms with Crippen LogP contribution in [0, 0.1) is 0 Å². The first-order valence-corrected chi connectivity index (χ1v) is 35.7. The van der Waals surface area contributed by atoms with Gasteiger partial charge >= 0.3 is 0 Å². The van der Waals surface area contributed by atoms with E-state index in [0.29, 0.717) is 136 Å². The van der Waals surface area contributed by atoms with E-state index in [2.05, 4.69) is 46.9 Å². The molecule has 0 aromatic carbocycles. The smallest absolute Gasteiger partial charge is 0.217 e. The summed E-state index contributed by atoms with van der Waals surface area (Å²) in [5.41, 5.74) is 3.23. The van der Waals surface area contributed by atoms with Crippen LogP contribution in [0.2, 0.25) is 0 Å². The van der Waals surface area contributed by atoms with Crippen molar-refractivity contribution in [3.05, 3.63) is 35.7 Å². The molecule has 7 aliphatic heterocycles. The van der Waals surface area contributed by atoms with E-state index in [1.54, 1.807) is 32.6 Å². The van der Waals surface area contributed by atoms with Gasteiger partial charge in [-0.2, -0.15) is 0 Å². The second kappa shape index (κ2) is 44.1. The molecule has 0 saturated carbocycles. The number of amides is 3. The molecule has 3 amide bonds. The molecule has 0 spiro atoms. The molecule has 107 heavy (non-hydrogen) atoms. The van der Waals surface area contributed by atoms with Crippen LogP contribution in [0.4, 0.5) is 0 Å². The number of aliphatic hydroxyl groups excluding tert-OH is 5. The van der Waals surface area contributed by atoms with Gasteiger partial charge < -0.3 is 152 Å². The first-order valence-electron chi connectivity index (χ1n) is 35.7. The van der Waals surface area contributed by atoms with Crippen molar-refractivity contribution in [1.29, 1.82) is 0 Å². The quantitative estimate of drug-likeness (QED) is 0.0235. The van der Waals surface area contributed by atoms with Crippen molar-refractivity contribution in [2.45, 2.75) is 156 Å². The van der Waals surface area contributed by atoms with E-state index in [-0.39, 0.29) is 137 Å². The van der Waals surface area contributed by atoms with Gasteiger partial charge in [-0.3, -0.25) is 14.4 Å². The third-order valence-corrected chi connectivity index (χ3v) is 17.7. The van der Waals surface area contributed by atoms with Crippen molar-refractivity contribution in [3.63, 3.8) is 0 Å². The van der Waals surface area contributed by atoms with Crippen LogP contribution in [0.15, 0.2) is 18.6 Å². The normalized spacial score (nSPS) is 28.5. The highest BCUT2D eigenvalue weighted by Gasteiger charge is 2.62. The van der Waals surface area contributed by atoms with Gasteiger partial charge in [0.15, 0.2) is 18.9 Å². The van der Waals surface area contributed by atoms with Gasteiger partial charge in [0.25, 0.3) is 0 Å². The Morgan fingerprint density at radius 2 is 0.766 bits per heavy atom. The molecule has 7 aliphatic rings. The number of ether oxygens (including phenoxy) is 21. The van der Waals surface area contributed by atoms with Crippen LogP contribution >= 0.6 is 0 Å². The third-order valence-electron chi connectivity index (χ3n) is 17.7. The Kier molecular flexibility index (Phi) is 35.3. The van der Waals surface area contributed by atoms with E-state index >= 15 is 0 Å². The fraction of sp³-hybridized carbons (Fsp3) is 0.859. The summed E-state index contributed by atoms with van der Waals surface area (Å²) < 4.78 is 125. The SMILES string of the molecule is CC(=O)N[C@H]1[C@@H]2OC[C@](COCCOCCOCCOCCn3cc(COCC(N)(COCc4cn(CCOCCOCCOCCOC[C@H]5OC6OCC5(O)[C@H](O)[C@H]6NC(C)=O)nn4)COCc4cn(CCOCCOCCOCCOC[C@@]56COC(O5)[C@H](NC(C)=O)[C@@H](O)[C@H]6O)nn4)nn3)(O2)[C@H](O)[C@@H]1O. The highest BCUT2D eigenvalue weighted by molar-refractivity contribution is 5.74. The van der Waals surface area contributed by atoms with Gasteiger partial charge in [0.2, 0.25) is 17.7 Å². The average molecular weight is 1540 g/mol. The van der Waals surface area contributed by atoms with Crippen molar-refractivity contribution >= 4 is 17.7 Å². The molecule has 0 aliphatic carbocycles. The van der Waals surface area contributed by atoms with Gasteiger partial charge in [0.05, 0.1) is 262 Å². The first-order chi connectivity index (χ1) is 51.8. The van der Waals surface area contributed by atoms with Gasteiger partial charge in [-0.25, -0.2) is 14.0 Å². The zero-order valence-electron chi connectivity index (χ0n) is 60.7. The van der Waals surface area contributed by atoms with Crippen LogP contribution in [-0.2, 0) is 153 Å². The molecule has 4 unspecified atom stereocenters. The summed E-state index contributed by atoms with van der Waals surface area (Å²) in [4.78, 5) is 34.6. The number of fused-ring (bicyclic) bond motifs is 7. The van der Waals surface area contributed by atoms with Crippen LogP contribution < -0.4 is 21.7 Å². The van der Waals surface area contributed by atoms with E-state index in [0.717, 1.165) is 0 Å². The van der Waals surface area contributed by atoms with Gasteiger partial charge in [-0.05, 0) is 0 Å². The molecule has 0 radical (unpaired) electrons. The Labute approximate surface area is 617 Å². The second-order valence-corrected chi connectivity index (χ2v) is 26.5. The summed E-state index contributed by atoms with van der Waals surface area (Å²) in [6, 6.07) is -2.68. The molecule has 3 aromatic rings. The van der Waals surface area contributed by atoms with Gasteiger partial charge in [-0.15, -0.1) is 15.3 Å². The Morgan fingerprint density at radius 1 is 0.449 bits per heavy atom. The van der Waals surface area contributed by atoms with Gasteiger partial charge in [-0.1, -0.05) is 15.6 Å². The number of nitrogens with zero attached hydrogens (tertiary/aromatic N) is 9. The summed E-state index contributed by atoms with van der Waals surface area (Å²) in [6.07, 6.45) is -4.80. The third kappa shape index (κ3) is 26.4. The van der Waals surface area contributed by atoms with E-state index < -0.39 is 96.0 Å². The summed E-state index contributed by atoms with van der Waals surface area (Å²) in [5, 5.41) is 97.2. The van der Waals surface area contributed by atoms with Crippen molar-refractivity contribution in [2.24, 2.45) is 5.73 Å². The predicted octanol–water partition coefficient (Wildman–Crippen LogP) is -7.64. The number of carbonyl (C=O) groups is 3. The second-order valence-electron chi connectivity index (χ2n) is 26.5. The topological polar surface area (TPSA) is 521 Å². The molecule has 11 N–H and O–H groups in total. The van der Waals surface area contributed by atoms with E-state index in [4.69, 9.17) is 105 Å². The average Bonchev–Trinajstić information content (AvgIpc) is 1.67. The standard InChI is InChI=1S/C64H107N13O30/c1-43(78)66-50-53(81)56(84)62(40-102-59(50)106-62)38-97-26-23-94-20-17-91-14-11-88-8-5-76-29-47(70-73-76)32-100-36-61(65,35-99-31-46-28-75(72-69-46)4-7-87-10-13-90-16-19-93-22-25-96-34-49-64(86)42-104-58(105-49)52(55(64)83)68-45(3)80)37-101-33-48-30-77(74-71-48)6-9-89-12-15-92-18-21-95-24-27-98-39-63-41-103-60(107-63)51(67-44(2)79)54(82)57(63)85/h28-30,49-60,81-86H,4-27,31-42,65H2,1-3H3,(H,66,78)(H,67,79)(H,68,80)/t49-,50-,51-,52-,53-,54-,55-,56-,57-,58?,59-,60?,61?,62+,63+,64?/m1/s1. The van der Waals surface area contributed by atoms with E-state index in [1.807, 2.05) is 0 Å². The summed E-state index contributed by atoms with van der Waals surface area (Å²) in [5.74, 6) is -1.15. The minimum atomic E-state index is -1.73. The lowest BCUT2D eigenvalue weighted by molar-refractivity contribution is -0.370. The summed E-state index contributed by atoms with van der Waals surface area (Å²) >= 11 is 0. The van der Waals surface area contributed by atoms with Crippen LogP contribution in [0.25, 0.3) is 0 Å². The van der Waals surface area contributed by atoms with Gasteiger partial charge in [0.1, 0.15) is 88.6 Å². The van der Waals surface area contributed by atoms with Crippen LogP contribution in [-0.4, -0.2) is 388 Å². The summed E-state index contributed by atoms with van der Waals surface area (Å²) in [7, 11) is 0. The maximum Gasteiger partial charge on any atom is 0.217 e. The molecule has 7 fully saturated rings. The van der Waals surface area contributed by atoms with Gasteiger partial charge in [0, 0.05) is 20.8 Å². The zero-order valence-corrected chi connectivity index (χ0v) is 60.7. The lowest BCUT2D eigenvalue weighted by Gasteiger charge is -2.54. The number of carbonyl (C=O) groups excluding carboxylic acids is 3. The van der Waals surface area contributed by atoms with Crippen molar-refractivity contribution < 1.29 is 144 Å². The van der Waals surface area contributed by atoms with Crippen LogP contribution in [0.1, 0.15) is 37.9 Å². The number of nitrogens with one attached hydrogen (secondary N) is 3. The van der Waals surface area contributed by atoms with Crippen LogP contribution in [0.5, 0.6) is 0 Å². The lowest BCUT2D eigenvalue weighted by atomic mass is 9.81. The Hall–Kier alpha value is -5.29. The van der Waals surface area contributed by atoms with Crippen molar-refractivity contribution in [1.82, 2.24) is 60.9 Å². The van der Waals surface area contributed by atoms with Crippen molar-refractivity contribution in [3.8, 4) is 0 Å². The summed E-state index contributed by atoms with van der Waals surface area (Å²) in [6.45, 7) is 11.6. The molecule has 6 bridgehead atoms. The number of aliphatic hydroxyl groups is 6. The van der Waals surface area contributed by atoms with E-state index in [1.165, 1.54) is 20.8 Å². The highest BCUT2D eigenvalue weighted by Crippen LogP contribution is 2.40. The molecule has 16 atom stereocenters. The monoisotopic (exact) mass is 1540 g/mol. The number of aromatic nitrogens is 9. The molecule has 608 valence electrons. The fourth-order valence-corrected chi connectivity index (χ4v) is 12.1. The minimum Gasteiger partial charge on any atom is -0.388 e. The lowest BCUT2D eigenvalue weighted by Crippen LogP contribution is -2.76. The predicted molar refractivity (Wildman–Crippen MR) is 355 cm³/mol. The minimum absolute atomic E-state index is 0.000740. The molecule has 43 heteroatoms. The molecule has 7 saturated heterocycles. The first kappa shape index (κ1) is 85.7. The zero-order chi connectivity index (χ0) is 75.9. The number of hydrogen-bond acceptors (Lipinski definition) is 37. The molecular formula is C64H107N13O30. The molecule has 10 rings (SSSR count). The molecule has 43 nitrogen and oxygen atoms in total. The van der Waals surface area contributed by atoms with E-state index in [9.17, 15) is 45.0 Å². The maximum absolute atomic E-state index is 11.5. The largest absolute Gasteiger partial charge is 0.388 e. The molecule has 3 aromatic heterocycles. The number of nitrogens with two attached hydrogens (primary N) is 1.